The summed E-state index contributed by atoms with van der Waals surface area (Å²) in [5.74, 6) is -0.568. The lowest BCUT2D eigenvalue weighted by Gasteiger charge is -2.07. The Morgan fingerprint density at radius 3 is 2.74 bits per heavy atom. The van der Waals surface area contributed by atoms with Crippen molar-refractivity contribution in [3.8, 4) is 5.75 Å². The topological polar surface area (TPSA) is 77.2 Å². The third-order valence-corrected chi connectivity index (χ3v) is 2.72. The summed E-state index contributed by atoms with van der Waals surface area (Å²) >= 11 is 0. The number of aromatic nitrogens is 3. The van der Waals surface area contributed by atoms with E-state index >= 15 is 0 Å². The van der Waals surface area contributed by atoms with Gasteiger partial charge in [0.2, 0.25) is 0 Å². The lowest BCUT2D eigenvalue weighted by Crippen LogP contribution is -2.05. The molecular weight excluding hydrogens is 253 g/mol. The molecule has 0 atom stereocenters. The van der Waals surface area contributed by atoms with Gasteiger partial charge in [-0.3, -0.25) is 0 Å². The molecule has 2 rings (SSSR count). The molecular formula is C12H12FN3O3. The highest BCUT2D eigenvalue weighted by Gasteiger charge is 2.11. The summed E-state index contributed by atoms with van der Waals surface area (Å²) in [7, 11) is 1.79. The Kier molecular flexibility index (Phi) is 3.46. The van der Waals surface area contributed by atoms with Gasteiger partial charge in [-0.25, -0.2) is 9.18 Å². The second kappa shape index (κ2) is 5.05. The normalized spacial score (nSPS) is 10.5. The quantitative estimate of drug-likeness (QED) is 0.907. The van der Waals surface area contributed by atoms with Crippen LogP contribution in [0.5, 0.6) is 5.75 Å². The first-order valence-corrected chi connectivity index (χ1v) is 5.49. The lowest BCUT2D eigenvalue weighted by atomic mass is 10.2. The van der Waals surface area contributed by atoms with Gasteiger partial charge in [0.05, 0.1) is 5.56 Å². The number of rotatable bonds is 4. The van der Waals surface area contributed by atoms with E-state index in [-0.39, 0.29) is 17.9 Å². The molecule has 1 aromatic carbocycles. The first-order valence-electron chi connectivity index (χ1n) is 5.49. The predicted octanol–water partition coefficient (Wildman–Crippen LogP) is 1.54. The van der Waals surface area contributed by atoms with Crippen LogP contribution in [-0.2, 0) is 13.7 Å². The highest BCUT2D eigenvalue weighted by molar-refractivity contribution is 5.88. The molecule has 100 valence electrons. The van der Waals surface area contributed by atoms with Crippen molar-refractivity contribution in [2.45, 2.75) is 13.5 Å². The van der Waals surface area contributed by atoms with Gasteiger partial charge in [0.25, 0.3) is 0 Å². The van der Waals surface area contributed by atoms with Gasteiger partial charge in [-0.15, -0.1) is 10.2 Å². The smallest absolute Gasteiger partial charge is 0.338 e. The highest BCUT2D eigenvalue weighted by Crippen LogP contribution is 2.17. The number of aryl methyl sites for hydroxylation is 1. The molecule has 0 aliphatic rings. The number of benzene rings is 1. The van der Waals surface area contributed by atoms with Gasteiger partial charge in [-0.05, 0) is 19.1 Å². The van der Waals surface area contributed by atoms with Crippen LogP contribution in [0.3, 0.4) is 0 Å². The van der Waals surface area contributed by atoms with Crippen molar-refractivity contribution in [3.63, 3.8) is 0 Å². The minimum Gasteiger partial charge on any atom is -0.486 e. The zero-order chi connectivity index (χ0) is 14.0. The maximum atomic E-state index is 13.4. The number of halogens is 1. The summed E-state index contributed by atoms with van der Waals surface area (Å²) in [5, 5.41) is 16.5. The largest absolute Gasteiger partial charge is 0.486 e. The maximum absolute atomic E-state index is 13.4. The second-order valence-corrected chi connectivity index (χ2v) is 3.96. The van der Waals surface area contributed by atoms with Gasteiger partial charge in [0, 0.05) is 13.1 Å². The summed E-state index contributed by atoms with van der Waals surface area (Å²) in [6.07, 6.45) is 0. The van der Waals surface area contributed by atoms with Crippen LogP contribution in [0.15, 0.2) is 18.2 Å². The number of ether oxygens (including phenoxy) is 1. The number of carboxylic acids is 1. The molecule has 0 saturated carbocycles. The zero-order valence-corrected chi connectivity index (χ0v) is 10.4. The van der Waals surface area contributed by atoms with E-state index in [1.54, 1.807) is 18.5 Å². The molecule has 1 heterocycles. The highest BCUT2D eigenvalue weighted by atomic mass is 19.1. The van der Waals surface area contributed by atoms with Crippen molar-refractivity contribution in [1.29, 1.82) is 0 Å². The van der Waals surface area contributed by atoms with Crippen LogP contribution in [-0.4, -0.2) is 25.8 Å². The maximum Gasteiger partial charge on any atom is 0.338 e. The Labute approximate surface area is 108 Å². The van der Waals surface area contributed by atoms with Gasteiger partial charge in [0.15, 0.2) is 5.82 Å². The first kappa shape index (κ1) is 13.0. The van der Waals surface area contributed by atoms with Crippen molar-refractivity contribution in [2.75, 3.05) is 0 Å². The van der Waals surface area contributed by atoms with E-state index in [4.69, 9.17) is 9.84 Å². The molecule has 0 aliphatic heterocycles. The lowest BCUT2D eigenvalue weighted by molar-refractivity contribution is 0.0692. The van der Waals surface area contributed by atoms with E-state index in [9.17, 15) is 9.18 Å². The molecule has 0 amide bonds. The Balaban J connectivity index is 2.10. The fourth-order valence-corrected chi connectivity index (χ4v) is 1.48. The average Bonchev–Trinajstić information content (AvgIpc) is 2.67. The van der Waals surface area contributed by atoms with Gasteiger partial charge in [-0.1, -0.05) is 0 Å². The zero-order valence-electron chi connectivity index (χ0n) is 10.4. The van der Waals surface area contributed by atoms with Crippen molar-refractivity contribution in [3.05, 3.63) is 41.2 Å². The fraction of sp³-hybridized carbons (Fsp3) is 0.250. The molecule has 0 bridgehead atoms. The molecule has 7 heteroatoms. The summed E-state index contributed by atoms with van der Waals surface area (Å²) in [6, 6.07) is 3.59. The molecule has 2 aromatic rings. The molecule has 0 unspecified atom stereocenters. The third-order valence-electron chi connectivity index (χ3n) is 2.72. The van der Waals surface area contributed by atoms with Gasteiger partial charge in [-0.2, -0.15) is 0 Å². The fourth-order valence-electron chi connectivity index (χ4n) is 1.48. The van der Waals surface area contributed by atoms with Crippen LogP contribution >= 0.6 is 0 Å². The van der Waals surface area contributed by atoms with Crippen LogP contribution in [0.1, 0.15) is 22.0 Å². The van der Waals surface area contributed by atoms with E-state index in [0.29, 0.717) is 5.82 Å². The molecule has 0 radical (unpaired) electrons. The van der Waals surface area contributed by atoms with E-state index in [1.807, 2.05) is 0 Å². The second-order valence-electron chi connectivity index (χ2n) is 3.96. The Hall–Kier alpha value is -2.44. The van der Waals surface area contributed by atoms with Gasteiger partial charge < -0.3 is 14.4 Å². The van der Waals surface area contributed by atoms with Crippen molar-refractivity contribution in [2.24, 2.45) is 7.05 Å². The number of hydrogen-bond donors (Lipinski definition) is 1. The number of nitrogens with zero attached hydrogens (tertiary/aromatic N) is 3. The van der Waals surface area contributed by atoms with Gasteiger partial charge in [0.1, 0.15) is 24.0 Å². The predicted molar refractivity (Wildman–Crippen MR) is 63.4 cm³/mol. The minimum absolute atomic E-state index is 0.128. The van der Waals surface area contributed by atoms with Crippen LogP contribution < -0.4 is 4.74 Å². The van der Waals surface area contributed by atoms with E-state index in [0.717, 1.165) is 18.0 Å². The van der Waals surface area contributed by atoms with Crippen molar-refractivity contribution < 1.29 is 19.0 Å². The minimum atomic E-state index is -1.31. The summed E-state index contributed by atoms with van der Waals surface area (Å²) in [4.78, 5) is 10.7. The summed E-state index contributed by atoms with van der Waals surface area (Å²) in [6.45, 7) is 1.93. The molecule has 6 nitrogen and oxygen atoms in total. The average molecular weight is 265 g/mol. The van der Waals surface area contributed by atoms with Crippen LogP contribution in [0.4, 0.5) is 4.39 Å². The van der Waals surface area contributed by atoms with Crippen LogP contribution in [0.2, 0.25) is 0 Å². The molecule has 0 saturated heterocycles. The molecule has 19 heavy (non-hydrogen) atoms. The van der Waals surface area contributed by atoms with Crippen LogP contribution in [0, 0.1) is 12.7 Å². The number of carbonyl (C=O) groups is 1. The van der Waals surface area contributed by atoms with E-state index < -0.39 is 11.8 Å². The first-order chi connectivity index (χ1) is 8.99. The Morgan fingerprint density at radius 2 is 2.21 bits per heavy atom. The number of hydrogen-bond acceptors (Lipinski definition) is 4. The van der Waals surface area contributed by atoms with Crippen molar-refractivity contribution in [1.82, 2.24) is 14.8 Å². The monoisotopic (exact) mass is 265 g/mol. The molecule has 1 aromatic heterocycles. The van der Waals surface area contributed by atoms with E-state index in [2.05, 4.69) is 10.2 Å². The SMILES string of the molecule is Cc1nnc(COc2ccc(C(=O)O)c(F)c2)n1C. The standard InChI is InChI=1S/C12H12FN3O3/c1-7-14-15-11(16(7)2)6-19-8-3-4-9(12(17)18)10(13)5-8/h3-5H,6H2,1-2H3,(H,17,18). The molecule has 0 spiro atoms. The molecule has 0 aliphatic carbocycles. The molecule has 1 N–H and O–H groups in total. The Bertz CT molecular complexity index is 625. The number of carboxylic acid groups (broad SMARTS) is 1. The number of aromatic carboxylic acids is 1. The van der Waals surface area contributed by atoms with Crippen LogP contribution in [0.25, 0.3) is 0 Å². The van der Waals surface area contributed by atoms with E-state index in [1.165, 1.54) is 6.07 Å². The van der Waals surface area contributed by atoms with Crippen molar-refractivity contribution >= 4 is 5.97 Å². The third kappa shape index (κ3) is 2.70. The summed E-state index contributed by atoms with van der Waals surface area (Å²) in [5.41, 5.74) is -0.387. The van der Waals surface area contributed by atoms with Gasteiger partial charge >= 0.3 is 5.97 Å². The Morgan fingerprint density at radius 1 is 1.47 bits per heavy atom. The molecule has 0 fully saturated rings. The summed E-state index contributed by atoms with van der Waals surface area (Å²) < 4.78 is 20.5.